The summed E-state index contributed by atoms with van der Waals surface area (Å²) in [7, 11) is 1.72. The Balaban J connectivity index is 2.16. The van der Waals surface area contributed by atoms with Gasteiger partial charge in [0.1, 0.15) is 0 Å². The maximum Gasteiger partial charge on any atom is 0.443 e. The highest BCUT2D eigenvalue weighted by molar-refractivity contribution is 7.11. The highest BCUT2D eigenvalue weighted by atomic mass is 35.5. The molecule has 0 saturated heterocycles. The second kappa shape index (κ2) is 6.11. The van der Waals surface area contributed by atoms with E-state index in [9.17, 15) is 13.2 Å². The molecule has 0 radical (unpaired) electrons. The van der Waals surface area contributed by atoms with Gasteiger partial charge in [-0.15, -0.1) is 11.3 Å². The van der Waals surface area contributed by atoms with Crippen LogP contribution in [-0.4, -0.2) is 12.0 Å². The number of aromatic nitrogens is 1. The Morgan fingerprint density at radius 3 is 2.45 bits per heavy atom. The average Bonchev–Trinajstić information content (AvgIpc) is 2.87. The molecule has 1 N–H and O–H groups in total. The average molecular weight is 321 g/mol. The first-order valence-corrected chi connectivity index (χ1v) is 7.04. The molecule has 0 amide bonds. The van der Waals surface area contributed by atoms with Gasteiger partial charge in [-0.3, -0.25) is 0 Å². The molecule has 1 atom stereocenters. The molecule has 1 aromatic carbocycles. The van der Waals surface area contributed by atoms with Crippen molar-refractivity contribution in [2.75, 3.05) is 7.05 Å². The smallest absolute Gasteiger partial charge is 0.312 e. The molecule has 1 unspecified atom stereocenters. The van der Waals surface area contributed by atoms with E-state index in [0.29, 0.717) is 27.7 Å². The van der Waals surface area contributed by atoms with Crippen LogP contribution in [-0.2, 0) is 12.6 Å². The Morgan fingerprint density at radius 1 is 1.30 bits per heavy atom. The molecular weight excluding hydrogens is 309 g/mol. The Morgan fingerprint density at radius 2 is 1.95 bits per heavy atom. The Hall–Kier alpha value is -1.11. The summed E-state index contributed by atoms with van der Waals surface area (Å²) in [5, 5.41) is 2.83. The lowest BCUT2D eigenvalue weighted by molar-refractivity contribution is -0.137. The predicted octanol–water partition coefficient (Wildman–Crippen LogP) is 4.32. The molecule has 2 aromatic rings. The zero-order chi connectivity index (χ0) is 14.8. The van der Waals surface area contributed by atoms with Gasteiger partial charge in [-0.1, -0.05) is 23.7 Å². The molecule has 108 valence electrons. The lowest BCUT2D eigenvalue weighted by Gasteiger charge is -2.14. The van der Waals surface area contributed by atoms with Crippen LogP contribution in [0.25, 0.3) is 0 Å². The van der Waals surface area contributed by atoms with Crippen molar-refractivity contribution in [1.29, 1.82) is 0 Å². The first-order chi connectivity index (χ1) is 9.40. The minimum Gasteiger partial charge on any atom is -0.312 e. The van der Waals surface area contributed by atoms with E-state index in [1.807, 2.05) is 12.1 Å². The summed E-state index contributed by atoms with van der Waals surface area (Å²) in [5.74, 6) is 0. The third-order valence-electron chi connectivity index (χ3n) is 2.81. The van der Waals surface area contributed by atoms with E-state index in [-0.39, 0.29) is 6.04 Å². The van der Waals surface area contributed by atoms with Crippen LogP contribution in [0.15, 0.2) is 30.5 Å². The second-order valence-corrected chi connectivity index (χ2v) is 5.74. The van der Waals surface area contributed by atoms with Gasteiger partial charge in [-0.2, -0.15) is 13.2 Å². The summed E-state index contributed by atoms with van der Waals surface area (Å²) < 4.78 is 37.7. The Kier molecular flexibility index (Phi) is 4.67. The van der Waals surface area contributed by atoms with Gasteiger partial charge < -0.3 is 5.32 Å². The normalized spacial score (nSPS) is 13.4. The molecule has 7 heteroatoms. The van der Waals surface area contributed by atoms with Crippen molar-refractivity contribution in [3.05, 3.63) is 50.9 Å². The van der Waals surface area contributed by atoms with E-state index in [1.165, 1.54) is 6.20 Å². The number of halogens is 4. The summed E-state index contributed by atoms with van der Waals surface area (Å²) in [6, 6.07) is 7.04. The van der Waals surface area contributed by atoms with E-state index < -0.39 is 11.2 Å². The third-order valence-corrected chi connectivity index (χ3v) is 4.22. The fourth-order valence-corrected chi connectivity index (χ4v) is 2.80. The molecule has 1 aromatic heterocycles. The molecule has 0 bridgehead atoms. The topological polar surface area (TPSA) is 24.9 Å². The molecule has 1 heterocycles. The van der Waals surface area contributed by atoms with E-state index in [1.54, 1.807) is 19.2 Å². The predicted molar refractivity (Wildman–Crippen MR) is 74.1 cm³/mol. The first kappa shape index (κ1) is 15.3. The van der Waals surface area contributed by atoms with Crippen LogP contribution in [0.3, 0.4) is 0 Å². The van der Waals surface area contributed by atoms with Gasteiger partial charge in [0, 0.05) is 22.1 Å². The Bertz CT molecular complexity index is 566. The fraction of sp³-hybridized carbons (Fsp3) is 0.308. The van der Waals surface area contributed by atoms with E-state index in [0.717, 1.165) is 5.56 Å². The van der Waals surface area contributed by atoms with Crippen LogP contribution in [0.2, 0.25) is 5.02 Å². The minimum atomic E-state index is -4.39. The van der Waals surface area contributed by atoms with E-state index in [4.69, 9.17) is 11.6 Å². The maximum absolute atomic E-state index is 12.6. The van der Waals surface area contributed by atoms with Gasteiger partial charge in [0.25, 0.3) is 0 Å². The van der Waals surface area contributed by atoms with Crippen LogP contribution in [0.5, 0.6) is 0 Å². The monoisotopic (exact) mass is 320 g/mol. The molecular formula is C13H12ClF3N2S. The number of nitrogens with one attached hydrogen (secondary N) is 1. The molecule has 0 spiro atoms. The lowest BCUT2D eigenvalue weighted by Crippen LogP contribution is -2.17. The van der Waals surface area contributed by atoms with Crippen molar-refractivity contribution < 1.29 is 13.2 Å². The number of nitrogens with zero attached hydrogens (tertiary/aromatic N) is 1. The largest absolute Gasteiger partial charge is 0.443 e. The first-order valence-electron chi connectivity index (χ1n) is 5.85. The Labute approximate surface area is 123 Å². The van der Waals surface area contributed by atoms with Gasteiger partial charge in [-0.25, -0.2) is 4.98 Å². The standard InChI is InChI=1S/C13H12ClF3N2S/c1-18-10(6-8-2-4-9(14)5-3-8)11-7-19-12(20-11)13(15,16)17/h2-5,7,10,18H,6H2,1H3. The zero-order valence-corrected chi connectivity index (χ0v) is 12.1. The number of benzene rings is 1. The molecule has 0 aliphatic heterocycles. The summed E-state index contributed by atoms with van der Waals surface area (Å²) in [5.41, 5.74) is 0.996. The van der Waals surface area contributed by atoms with Gasteiger partial charge in [0.05, 0.1) is 0 Å². The van der Waals surface area contributed by atoms with Crippen molar-refractivity contribution in [3.8, 4) is 0 Å². The highest BCUT2D eigenvalue weighted by Crippen LogP contribution is 2.35. The molecule has 2 rings (SSSR count). The molecule has 0 saturated carbocycles. The number of thiazole rings is 1. The van der Waals surface area contributed by atoms with Crippen LogP contribution in [0.4, 0.5) is 13.2 Å². The number of rotatable bonds is 4. The summed E-state index contributed by atoms with van der Waals surface area (Å²) >= 11 is 6.47. The van der Waals surface area contributed by atoms with Crippen LogP contribution >= 0.6 is 22.9 Å². The van der Waals surface area contributed by atoms with Gasteiger partial charge in [0.15, 0.2) is 5.01 Å². The number of likely N-dealkylation sites (N-methyl/N-ethyl adjacent to an activating group) is 1. The van der Waals surface area contributed by atoms with E-state index in [2.05, 4.69) is 10.3 Å². The van der Waals surface area contributed by atoms with Crippen molar-refractivity contribution in [1.82, 2.24) is 10.3 Å². The quantitative estimate of drug-likeness (QED) is 0.907. The molecule has 20 heavy (non-hydrogen) atoms. The summed E-state index contributed by atoms with van der Waals surface area (Å²) in [6.45, 7) is 0. The van der Waals surface area contributed by atoms with E-state index >= 15 is 0 Å². The van der Waals surface area contributed by atoms with Crippen molar-refractivity contribution in [2.45, 2.75) is 18.6 Å². The zero-order valence-electron chi connectivity index (χ0n) is 10.5. The molecule has 0 aliphatic rings. The molecule has 0 fully saturated rings. The van der Waals surface area contributed by atoms with Crippen LogP contribution in [0.1, 0.15) is 21.5 Å². The molecule has 2 nitrogen and oxygen atoms in total. The SMILES string of the molecule is CNC(Cc1ccc(Cl)cc1)c1cnc(C(F)(F)F)s1. The van der Waals surface area contributed by atoms with Gasteiger partial charge in [-0.05, 0) is 31.2 Å². The van der Waals surface area contributed by atoms with Crippen LogP contribution < -0.4 is 5.32 Å². The molecule has 0 aliphatic carbocycles. The number of hydrogen-bond acceptors (Lipinski definition) is 3. The van der Waals surface area contributed by atoms with Crippen LogP contribution in [0, 0.1) is 0 Å². The summed E-state index contributed by atoms with van der Waals surface area (Å²) in [6.07, 6.45) is -2.53. The minimum absolute atomic E-state index is 0.204. The lowest BCUT2D eigenvalue weighted by atomic mass is 10.1. The third kappa shape index (κ3) is 3.71. The maximum atomic E-state index is 12.6. The van der Waals surface area contributed by atoms with Gasteiger partial charge in [0.2, 0.25) is 0 Å². The van der Waals surface area contributed by atoms with Gasteiger partial charge >= 0.3 is 6.18 Å². The fourth-order valence-electron chi connectivity index (χ4n) is 1.78. The number of alkyl halides is 3. The van der Waals surface area contributed by atoms with Crippen molar-refractivity contribution in [2.24, 2.45) is 0 Å². The highest BCUT2D eigenvalue weighted by Gasteiger charge is 2.35. The second-order valence-electron chi connectivity index (χ2n) is 4.24. The summed E-state index contributed by atoms with van der Waals surface area (Å²) in [4.78, 5) is 4.01. The van der Waals surface area contributed by atoms with Crippen molar-refractivity contribution in [3.63, 3.8) is 0 Å². The van der Waals surface area contributed by atoms with Crippen molar-refractivity contribution >= 4 is 22.9 Å². The number of hydrogen-bond donors (Lipinski definition) is 1.